The van der Waals surface area contributed by atoms with E-state index in [1.54, 1.807) is 12.1 Å². The van der Waals surface area contributed by atoms with Crippen molar-refractivity contribution in [3.8, 4) is 0 Å². The molecule has 0 aromatic rings. The van der Waals surface area contributed by atoms with Gasteiger partial charge in [0, 0.05) is 13.1 Å². The van der Waals surface area contributed by atoms with E-state index in [9.17, 15) is 13.2 Å². The van der Waals surface area contributed by atoms with Gasteiger partial charge in [0.2, 0.25) is 0 Å². The van der Waals surface area contributed by atoms with E-state index in [4.69, 9.17) is 0 Å². The Morgan fingerprint density at radius 1 is 1.21 bits per heavy atom. The first kappa shape index (κ1) is 11.8. The maximum Gasteiger partial charge on any atom is 0.405 e. The Morgan fingerprint density at radius 3 is 1.93 bits per heavy atom. The molecule has 1 aliphatic heterocycles. The molecule has 2 unspecified atom stereocenters. The van der Waals surface area contributed by atoms with Crippen molar-refractivity contribution in [2.24, 2.45) is 5.41 Å². The Bertz CT molecular complexity index is 207. The maximum atomic E-state index is 12.4. The molecule has 1 fully saturated rings. The van der Waals surface area contributed by atoms with E-state index in [1.807, 2.05) is 20.8 Å². The van der Waals surface area contributed by atoms with Gasteiger partial charge in [0.1, 0.15) is 6.04 Å². The molecule has 1 aliphatic rings. The molecule has 1 saturated heterocycles. The summed E-state index contributed by atoms with van der Waals surface area (Å²) >= 11 is 0. The second-order valence-electron chi connectivity index (χ2n) is 4.95. The van der Waals surface area contributed by atoms with Gasteiger partial charge in [-0.15, -0.1) is 0 Å². The van der Waals surface area contributed by atoms with Gasteiger partial charge in [-0.1, -0.05) is 20.8 Å². The van der Waals surface area contributed by atoms with Gasteiger partial charge in [-0.2, -0.15) is 13.2 Å². The van der Waals surface area contributed by atoms with Crippen molar-refractivity contribution >= 4 is 0 Å². The fourth-order valence-electron chi connectivity index (χ4n) is 1.91. The SMILES string of the molecule is CN1NC(C(F)(F)F)CC1C(C)(C)C. The highest BCUT2D eigenvalue weighted by molar-refractivity contribution is 4.92. The molecule has 0 radical (unpaired) electrons. The molecule has 1 rings (SSSR count). The topological polar surface area (TPSA) is 15.3 Å². The van der Waals surface area contributed by atoms with Crippen LogP contribution in [0.3, 0.4) is 0 Å². The average Bonchev–Trinajstić information content (AvgIpc) is 2.27. The molecule has 0 aromatic heterocycles. The lowest BCUT2D eigenvalue weighted by atomic mass is 9.84. The minimum absolute atomic E-state index is 0.0749. The van der Waals surface area contributed by atoms with Crippen LogP contribution in [0.5, 0.6) is 0 Å². The van der Waals surface area contributed by atoms with E-state index >= 15 is 0 Å². The van der Waals surface area contributed by atoms with Gasteiger partial charge in [-0.3, -0.25) is 0 Å². The van der Waals surface area contributed by atoms with E-state index in [2.05, 4.69) is 5.43 Å². The third kappa shape index (κ3) is 2.39. The first-order valence-electron chi connectivity index (χ1n) is 4.68. The third-order valence-corrected chi connectivity index (χ3v) is 2.68. The number of hydrazine groups is 1. The molecular formula is C9H17F3N2. The third-order valence-electron chi connectivity index (χ3n) is 2.68. The Kier molecular flexibility index (Phi) is 2.84. The van der Waals surface area contributed by atoms with Crippen LogP contribution in [0.1, 0.15) is 27.2 Å². The molecule has 84 valence electrons. The second kappa shape index (κ2) is 3.38. The average molecular weight is 210 g/mol. The summed E-state index contributed by atoms with van der Waals surface area (Å²) in [7, 11) is 1.67. The fraction of sp³-hybridized carbons (Fsp3) is 1.00. The van der Waals surface area contributed by atoms with Crippen LogP contribution in [0.15, 0.2) is 0 Å². The van der Waals surface area contributed by atoms with Crippen molar-refractivity contribution < 1.29 is 13.2 Å². The van der Waals surface area contributed by atoms with E-state index < -0.39 is 12.2 Å². The monoisotopic (exact) mass is 210 g/mol. The lowest BCUT2D eigenvalue weighted by molar-refractivity contribution is -0.156. The van der Waals surface area contributed by atoms with E-state index in [-0.39, 0.29) is 17.9 Å². The van der Waals surface area contributed by atoms with Crippen molar-refractivity contribution in [1.82, 2.24) is 10.4 Å². The van der Waals surface area contributed by atoms with Crippen LogP contribution in [-0.4, -0.2) is 30.3 Å². The minimum Gasteiger partial charge on any atom is -0.243 e. The number of rotatable bonds is 0. The van der Waals surface area contributed by atoms with Crippen molar-refractivity contribution in [2.75, 3.05) is 7.05 Å². The van der Waals surface area contributed by atoms with Gasteiger partial charge < -0.3 is 0 Å². The molecule has 0 aromatic carbocycles. The highest BCUT2D eigenvalue weighted by atomic mass is 19.4. The summed E-state index contributed by atoms with van der Waals surface area (Å²) in [5, 5.41) is 1.58. The van der Waals surface area contributed by atoms with Crippen LogP contribution in [0, 0.1) is 5.41 Å². The molecule has 0 spiro atoms. The summed E-state index contributed by atoms with van der Waals surface area (Å²) in [5.41, 5.74) is 2.32. The molecule has 0 bridgehead atoms. The lowest BCUT2D eigenvalue weighted by Crippen LogP contribution is -2.44. The van der Waals surface area contributed by atoms with Crippen molar-refractivity contribution in [3.05, 3.63) is 0 Å². The summed E-state index contributed by atoms with van der Waals surface area (Å²) in [6.45, 7) is 5.86. The Morgan fingerprint density at radius 2 is 1.71 bits per heavy atom. The summed E-state index contributed by atoms with van der Waals surface area (Å²) < 4.78 is 37.2. The standard InChI is InChI=1S/C9H17F3N2/c1-8(2,3)7-5-6(9(10,11)12)13-14(7)4/h6-7,13H,5H2,1-4H3. The number of alkyl halides is 3. The molecule has 0 amide bonds. The van der Waals surface area contributed by atoms with Crippen LogP contribution in [0.25, 0.3) is 0 Å². The van der Waals surface area contributed by atoms with Crippen LogP contribution >= 0.6 is 0 Å². The normalized spacial score (nSPS) is 31.1. The van der Waals surface area contributed by atoms with Crippen LogP contribution in [0.2, 0.25) is 0 Å². The maximum absolute atomic E-state index is 12.4. The summed E-state index contributed by atoms with van der Waals surface area (Å²) in [6, 6.07) is -1.47. The number of hydrogen-bond donors (Lipinski definition) is 1. The van der Waals surface area contributed by atoms with Gasteiger partial charge in [-0.05, 0) is 11.8 Å². The number of halogens is 3. The molecule has 1 N–H and O–H groups in total. The quantitative estimate of drug-likeness (QED) is 0.659. The van der Waals surface area contributed by atoms with Gasteiger partial charge in [0.05, 0.1) is 0 Å². The van der Waals surface area contributed by atoms with Gasteiger partial charge in [-0.25, -0.2) is 10.4 Å². The van der Waals surface area contributed by atoms with Crippen molar-refractivity contribution in [1.29, 1.82) is 0 Å². The highest BCUT2D eigenvalue weighted by Crippen LogP contribution is 2.35. The van der Waals surface area contributed by atoms with Crippen LogP contribution in [-0.2, 0) is 0 Å². The highest BCUT2D eigenvalue weighted by Gasteiger charge is 2.48. The van der Waals surface area contributed by atoms with E-state index in [1.165, 1.54) is 0 Å². The summed E-state index contributed by atoms with van der Waals surface area (Å²) in [5.74, 6) is 0. The zero-order chi connectivity index (χ0) is 11.1. The van der Waals surface area contributed by atoms with Gasteiger partial charge >= 0.3 is 6.18 Å². The fourth-order valence-corrected chi connectivity index (χ4v) is 1.91. The molecular weight excluding hydrogens is 193 g/mol. The van der Waals surface area contributed by atoms with E-state index in [0.29, 0.717) is 0 Å². The smallest absolute Gasteiger partial charge is 0.243 e. The lowest BCUT2D eigenvalue weighted by Gasteiger charge is -2.31. The van der Waals surface area contributed by atoms with Crippen LogP contribution < -0.4 is 5.43 Å². The second-order valence-corrected chi connectivity index (χ2v) is 4.95. The van der Waals surface area contributed by atoms with Gasteiger partial charge in [0.25, 0.3) is 0 Å². The zero-order valence-electron chi connectivity index (χ0n) is 8.94. The molecule has 0 aliphatic carbocycles. The zero-order valence-corrected chi connectivity index (χ0v) is 8.94. The van der Waals surface area contributed by atoms with Crippen molar-refractivity contribution in [2.45, 2.75) is 45.5 Å². The predicted octanol–water partition coefficient (Wildman–Crippen LogP) is 2.17. The molecule has 5 heteroatoms. The van der Waals surface area contributed by atoms with Crippen LogP contribution in [0.4, 0.5) is 13.2 Å². The number of hydrogen-bond acceptors (Lipinski definition) is 2. The summed E-state index contributed by atoms with van der Waals surface area (Å²) in [6.07, 6.45) is -4.02. The molecule has 0 saturated carbocycles. The summed E-state index contributed by atoms with van der Waals surface area (Å²) in [4.78, 5) is 0. The molecule has 14 heavy (non-hydrogen) atoms. The Hall–Kier alpha value is -0.290. The van der Waals surface area contributed by atoms with E-state index in [0.717, 1.165) is 0 Å². The Labute approximate surface area is 82.4 Å². The predicted molar refractivity (Wildman–Crippen MR) is 48.6 cm³/mol. The Balaban J connectivity index is 2.70. The first-order chi connectivity index (χ1) is 6.12. The first-order valence-corrected chi connectivity index (χ1v) is 4.68. The molecule has 1 heterocycles. The van der Waals surface area contributed by atoms with Crippen molar-refractivity contribution in [3.63, 3.8) is 0 Å². The number of nitrogens with one attached hydrogen (secondary N) is 1. The molecule has 2 nitrogen and oxygen atoms in total. The molecule has 2 atom stereocenters. The van der Waals surface area contributed by atoms with Gasteiger partial charge in [0.15, 0.2) is 0 Å². The minimum atomic E-state index is -4.14. The number of nitrogens with zero attached hydrogens (tertiary/aromatic N) is 1. The largest absolute Gasteiger partial charge is 0.405 e.